The van der Waals surface area contributed by atoms with Crippen molar-refractivity contribution in [2.24, 2.45) is 23.5 Å². The summed E-state index contributed by atoms with van der Waals surface area (Å²) in [4.78, 5) is 55.5. The van der Waals surface area contributed by atoms with Crippen LogP contribution >= 0.6 is 0 Å². The first kappa shape index (κ1) is 28.7. The first-order valence-corrected chi connectivity index (χ1v) is 13.3. The molecule has 0 radical (unpaired) electrons. The highest BCUT2D eigenvalue weighted by Crippen LogP contribution is 2.53. The van der Waals surface area contributed by atoms with E-state index in [-0.39, 0.29) is 42.1 Å². The number of allylic oxidation sites excluding steroid dienone is 1. The number of phenols is 1. The number of benzene rings is 1. The van der Waals surface area contributed by atoms with Gasteiger partial charge in [-0.2, -0.15) is 0 Å². The molecule has 1 aromatic carbocycles. The van der Waals surface area contributed by atoms with Crippen LogP contribution in [0.2, 0.25) is 0 Å². The van der Waals surface area contributed by atoms with Crippen molar-refractivity contribution in [3.8, 4) is 5.75 Å². The first-order chi connectivity index (χ1) is 19.0. The third-order valence-corrected chi connectivity index (χ3v) is 8.95. The number of ketones is 2. The summed E-state index contributed by atoms with van der Waals surface area (Å²) < 4.78 is 16.2. The summed E-state index contributed by atoms with van der Waals surface area (Å²) in [5.74, 6) is -9.70. The lowest BCUT2D eigenvalue weighted by Crippen LogP contribution is -2.63. The standard InChI is InChI=1S/C28H33FN4O8/c1-9(2)19-27(40)31-18-12(8-33(19)5)17(29)11-6-10-7-13-20(32(3)4)23(36)16(26(30)39)25(38)28(13,41)24(37)14(10)21(34)15(11)22(18)35/h9-10,13,19-20,35-37,41H,6-8H2,1-5H3,(H2,30,39)(H,31,40)/t10-,13-,19+,20-,28-/m0/s1. The van der Waals surface area contributed by atoms with E-state index in [0.717, 1.165) is 0 Å². The molecule has 5 atom stereocenters. The van der Waals surface area contributed by atoms with Crippen molar-refractivity contribution in [2.45, 2.75) is 50.9 Å². The van der Waals surface area contributed by atoms with Crippen LogP contribution in [0.3, 0.4) is 0 Å². The number of nitrogens with two attached hydrogens (primary N) is 1. The second-order valence-corrected chi connectivity index (χ2v) is 11.9. The number of likely N-dealkylation sites (N-methyl/N-ethyl adjacent to an activating group) is 2. The molecule has 0 saturated carbocycles. The Balaban J connectivity index is 1.71. The van der Waals surface area contributed by atoms with Crippen molar-refractivity contribution >= 4 is 29.1 Å². The van der Waals surface area contributed by atoms with E-state index in [0.29, 0.717) is 0 Å². The Labute approximate surface area is 234 Å². The maximum absolute atomic E-state index is 16.2. The monoisotopic (exact) mass is 572 g/mol. The summed E-state index contributed by atoms with van der Waals surface area (Å²) in [6.07, 6.45) is -0.346. The van der Waals surface area contributed by atoms with E-state index in [2.05, 4.69) is 5.32 Å². The van der Waals surface area contributed by atoms with Gasteiger partial charge in [0.1, 0.15) is 22.9 Å². The number of fused-ring (bicyclic) bond motifs is 4. The molecule has 0 aromatic heterocycles. The Hall–Kier alpha value is -3.81. The van der Waals surface area contributed by atoms with Gasteiger partial charge in [-0.1, -0.05) is 13.8 Å². The molecule has 0 saturated heterocycles. The largest absolute Gasteiger partial charge is 0.510 e. The van der Waals surface area contributed by atoms with E-state index in [9.17, 15) is 39.6 Å². The zero-order chi connectivity index (χ0) is 30.5. The number of carbonyl (C=O) groups excluding carboxylic acids is 4. The summed E-state index contributed by atoms with van der Waals surface area (Å²) >= 11 is 0. The average molecular weight is 573 g/mol. The van der Waals surface area contributed by atoms with Crippen molar-refractivity contribution in [2.75, 3.05) is 26.5 Å². The molecular formula is C28H33FN4O8. The second kappa shape index (κ2) is 9.36. The Kier molecular flexibility index (Phi) is 6.56. The molecule has 1 heterocycles. The molecule has 0 bridgehead atoms. The molecule has 0 fully saturated rings. The van der Waals surface area contributed by atoms with Gasteiger partial charge < -0.3 is 31.5 Å². The van der Waals surface area contributed by atoms with E-state index in [4.69, 9.17) is 5.73 Å². The fraction of sp³-hybridized carbons (Fsp3) is 0.500. The zero-order valence-electron chi connectivity index (χ0n) is 23.3. The van der Waals surface area contributed by atoms with E-state index < -0.39 is 92.7 Å². The molecule has 4 aliphatic rings. The molecule has 13 heteroatoms. The Morgan fingerprint density at radius 1 is 1.17 bits per heavy atom. The van der Waals surface area contributed by atoms with Gasteiger partial charge in [0.15, 0.2) is 17.1 Å². The van der Waals surface area contributed by atoms with Crippen LogP contribution in [0.1, 0.15) is 41.8 Å². The topological polar surface area (TPSA) is 194 Å². The van der Waals surface area contributed by atoms with Crippen molar-refractivity contribution in [1.82, 2.24) is 9.80 Å². The SMILES string of the molecule is CC(C)[C@@H]1C(=O)Nc2c(O)c3c(c(F)c2CN1C)C[C@H]1C[C@H]2[C@H](N(C)C)C(O)=C(C(N)=O)C(=O)[C@@]2(O)C(O)=C1C3=O. The number of anilines is 1. The molecule has 1 aliphatic heterocycles. The highest BCUT2D eigenvalue weighted by Gasteiger charge is 2.63. The highest BCUT2D eigenvalue weighted by molar-refractivity contribution is 6.25. The fourth-order valence-electron chi connectivity index (χ4n) is 7.24. The van der Waals surface area contributed by atoms with Gasteiger partial charge in [0, 0.05) is 29.2 Å². The maximum atomic E-state index is 16.2. The normalized spacial score (nSPS) is 30.1. The number of nitrogens with one attached hydrogen (secondary N) is 1. The van der Waals surface area contributed by atoms with Gasteiger partial charge in [-0.15, -0.1) is 0 Å². The van der Waals surface area contributed by atoms with E-state index in [1.165, 1.54) is 19.0 Å². The predicted molar refractivity (Wildman–Crippen MR) is 142 cm³/mol. The van der Waals surface area contributed by atoms with Crippen molar-refractivity contribution in [3.05, 3.63) is 45.2 Å². The molecule has 2 amide bonds. The van der Waals surface area contributed by atoms with Crippen molar-refractivity contribution in [1.29, 1.82) is 0 Å². The summed E-state index contributed by atoms with van der Waals surface area (Å²) in [5, 5.41) is 47.7. The van der Waals surface area contributed by atoms with Gasteiger partial charge in [-0.05, 0) is 45.8 Å². The zero-order valence-corrected chi connectivity index (χ0v) is 23.3. The van der Waals surface area contributed by atoms with Crippen LogP contribution < -0.4 is 11.1 Å². The summed E-state index contributed by atoms with van der Waals surface area (Å²) in [7, 11) is 4.70. The van der Waals surface area contributed by atoms with Gasteiger partial charge in [-0.25, -0.2) is 4.39 Å². The maximum Gasteiger partial charge on any atom is 0.255 e. The van der Waals surface area contributed by atoms with Crippen LogP contribution in [0.5, 0.6) is 5.75 Å². The molecule has 0 spiro atoms. The number of primary amides is 1. The number of halogens is 1. The Bertz CT molecular complexity index is 1500. The molecule has 7 N–H and O–H groups in total. The Morgan fingerprint density at radius 3 is 2.37 bits per heavy atom. The molecule has 41 heavy (non-hydrogen) atoms. The van der Waals surface area contributed by atoms with Gasteiger partial charge in [0.2, 0.25) is 11.7 Å². The number of nitrogens with zero attached hydrogens (tertiary/aromatic N) is 2. The minimum Gasteiger partial charge on any atom is -0.510 e. The first-order valence-electron chi connectivity index (χ1n) is 13.3. The molecule has 220 valence electrons. The number of aliphatic hydroxyl groups excluding tert-OH is 2. The quantitative estimate of drug-likeness (QED) is 0.221. The number of Topliss-reactive ketones (excluding diaryl/α,β-unsaturated/α-hetero) is 2. The highest BCUT2D eigenvalue weighted by atomic mass is 19.1. The number of aromatic hydroxyl groups is 1. The molecule has 1 aromatic rings. The average Bonchev–Trinajstić information content (AvgIpc) is 2.99. The third kappa shape index (κ3) is 3.75. The predicted octanol–water partition coefficient (Wildman–Crippen LogP) is 0.668. The smallest absolute Gasteiger partial charge is 0.255 e. The summed E-state index contributed by atoms with van der Waals surface area (Å²) in [6, 6.07) is -1.79. The van der Waals surface area contributed by atoms with Crippen LogP contribution in [0.25, 0.3) is 0 Å². The number of hydrogen-bond donors (Lipinski definition) is 6. The summed E-state index contributed by atoms with van der Waals surface area (Å²) in [6.45, 7) is 3.61. The van der Waals surface area contributed by atoms with Crippen LogP contribution in [0.4, 0.5) is 10.1 Å². The molecule has 12 nitrogen and oxygen atoms in total. The van der Waals surface area contributed by atoms with Gasteiger partial charge in [0.25, 0.3) is 5.91 Å². The third-order valence-electron chi connectivity index (χ3n) is 8.95. The van der Waals surface area contributed by atoms with Crippen molar-refractivity contribution in [3.63, 3.8) is 0 Å². The Morgan fingerprint density at radius 2 is 1.80 bits per heavy atom. The van der Waals surface area contributed by atoms with Crippen LogP contribution in [0, 0.1) is 23.6 Å². The van der Waals surface area contributed by atoms with E-state index >= 15 is 4.39 Å². The number of hydrogen-bond acceptors (Lipinski definition) is 10. The number of carbonyl (C=O) groups is 4. The van der Waals surface area contributed by atoms with Gasteiger partial charge in [-0.3, -0.25) is 29.0 Å². The molecule has 3 aliphatic carbocycles. The van der Waals surface area contributed by atoms with Crippen LogP contribution in [-0.2, 0) is 27.3 Å². The number of amides is 2. The van der Waals surface area contributed by atoms with Crippen molar-refractivity contribution < 1.29 is 44.0 Å². The minimum absolute atomic E-state index is 0.00251. The molecular weight excluding hydrogens is 539 g/mol. The molecule has 0 unspecified atom stereocenters. The lowest BCUT2D eigenvalue weighted by Gasteiger charge is -2.50. The fourth-order valence-corrected chi connectivity index (χ4v) is 7.24. The van der Waals surface area contributed by atoms with E-state index in [1.807, 2.05) is 13.8 Å². The molecule has 5 rings (SSSR count). The number of rotatable bonds is 3. The second-order valence-electron chi connectivity index (χ2n) is 11.9. The van der Waals surface area contributed by atoms with Gasteiger partial charge >= 0.3 is 0 Å². The lowest BCUT2D eigenvalue weighted by atomic mass is 9.58. The number of aliphatic hydroxyl groups is 3. The summed E-state index contributed by atoms with van der Waals surface area (Å²) in [5.41, 5.74) is 0.351. The van der Waals surface area contributed by atoms with Gasteiger partial charge in [0.05, 0.1) is 23.3 Å². The van der Waals surface area contributed by atoms with Crippen LogP contribution in [-0.4, -0.2) is 92.4 Å². The lowest BCUT2D eigenvalue weighted by molar-refractivity contribution is -0.148. The van der Waals surface area contributed by atoms with Crippen LogP contribution in [0.15, 0.2) is 22.7 Å². The van der Waals surface area contributed by atoms with E-state index in [1.54, 1.807) is 11.9 Å². The minimum atomic E-state index is -2.80. The number of phenolic OH excluding ortho intramolecular Hbond substituents is 1.